The van der Waals surface area contributed by atoms with Gasteiger partial charge < -0.3 is 9.80 Å². The maximum absolute atomic E-state index is 14.0. The zero-order valence-corrected chi connectivity index (χ0v) is 16.2. The van der Waals surface area contributed by atoms with Crippen molar-refractivity contribution in [2.24, 2.45) is 23.7 Å². The summed E-state index contributed by atoms with van der Waals surface area (Å²) >= 11 is 0. The lowest BCUT2D eigenvalue weighted by Crippen LogP contribution is -2.49. The molecule has 0 unspecified atom stereocenters. The smallest absolute Gasteiger partial charge is 0.233 e. The average molecular weight is 397 g/mol. The number of para-hydroxylation sites is 1. The number of likely N-dealkylation sites (tertiary alicyclic amines) is 1. The molecule has 2 heterocycles. The largest absolute Gasteiger partial charge is 0.366 e. The second kappa shape index (κ2) is 6.97. The molecule has 5 rings (SSSR count). The monoisotopic (exact) mass is 397 g/mol. The quantitative estimate of drug-likeness (QED) is 0.573. The van der Waals surface area contributed by atoms with Gasteiger partial charge in [-0.1, -0.05) is 24.3 Å². The van der Waals surface area contributed by atoms with E-state index in [1.54, 1.807) is 23.1 Å². The lowest BCUT2D eigenvalue weighted by Gasteiger charge is -2.36. The van der Waals surface area contributed by atoms with Gasteiger partial charge in [0.05, 0.1) is 17.5 Å². The molecule has 2 aliphatic heterocycles. The number of carbonyl (C=O) groups excluding carboxylic acids is 3. The summed E-state index contributed by atoms with van der Waals surface area (Å²) in [4.78, 5) is 43.1. The Morgan fingerprint density at radius 1 is 0.966 bits per heavy atom. The summed E-state index contributed by atoms with van der Waals surface area (Å²) in [5.74, 6) is -0.566. The van der Waals surface area contributed by atoms with Gasteiger partial charge in [-0.05, 0) is 30.4 Å². The highest BCUT2D eigenvalue weighted by atomic mass is 19.1. The molecule has 7 heteroatoms. The van der Waals surface area contributed by atoms with E-state index in [0.717, 1.165) is 6.42 Å². The van der Waals surface area contributed by atoms with E-state index in [9.17, 15) is 18.8 Å². The normalized spacial score (nSPS) is 30.4. The molecule has 29 heavy (non-hydrogen) atoms. The number of benzene rings is 1. The van der Waals surface area contributed by atoms with E-state index in [2.05, 4.69) is 12.2 Å². The molecule has 2 aliphatic carbocycles. The molecule has 0 spiro atoms. The first-order chi connectivity index (χ1) is 14.0. The second-order valence-electron chi connectivity index (χ2n) is 8.40. The molecule has 2 saturated heterocycles. The number of anilines is 1. The van der Waals surface area contributed by atoms with Crippen LogP contribution in [0.15, 0.2) is 36.4 Å². The van der Waals surface area contributed by atoms with Crippen molar-refractivity contribution in [2.75, 3.05) is 37.6 Å². The number of amides is 3. The Labute approximate surface area is 168 Å². The molecule has 2 bridgehead atoms. The van der Waals surface area contributed by atoms with Crippen LogP contribution in [0, 0.1) is 29.5 Å². The zero-order valence-electron chi connectivity index (χ0n) is 16.2. The predicted octanol–water partition coefficient (Wildman–Crippen LogP) is 1.67. The molecule has 1 aromatic rings. The molecular formula is C22H24FN3O3. The lowest BCUT2D eigenvalue weighted by atomic mass is 9.85. The number of fused-ring (bicyclic) bond motifs is 5. The summed E-state index contributed by atoms with van der Waals surface area (Å²) < 4.78 is 14.0. The summed E-state index contributed by atoms with van der Waals surface area (Å²) in [7, 11) is 0. The van der Waals surface area contributed by atoms with Crippen LogP contribution in [0.5, 0.6) is 0 Å². The highest BCUT2D eigenvalue weighted by Crippen LogP contribution is 2.52. The van der Waals surface area contributed by atoms with Gasteiger partial charge in [0.15, 0.2) is 0 Å². The molecule has 1 aromatic carbocycles. The first-order valence-corrected chi connectivity index (χ1v) is 10.4. The summed E-state index contributed by atoms with van der Waals surface area (Å²) in [5.41, 5.74) is 0.558. The highest BCUT2D eigenvalue weighted by Gasteiger charge is 2.59. The van der Waals surface area contributed by atoms with Crippen LogP contribution < -0.4 is 4.90 Å². The van der Waals surface area contributed by atoms with Gasteiger partial charge in [0, 0.05) is 39.1 Å². The van der Waals surface area contributed by atoms with E-state index in [1.807, 2.05) is 4.90 Å². The number of piperazine rings is 1. The SMILES string of the molecule is O=C(CCN1C(=O)[C@H]2[C@H](C1=O)[C@H]1C=C[C@H]2C1)N1CCN(c2ccccc2F)CC1. The minimum absolute atomic E-state index is 0.0584. The van der Waals surface area contributed by atoms with Crippen molar-refractivity contribution in [1.82, 2.24) is 9.80 Å². The molecule has 6 nitrogen and oxygen atoms in total. The van der Waals surface area contributed by atoms with Crippen LogP contribution in [-0.2, 0) is 14.4 Å². The molecule has 4 aliphatic rings. The summed E-state index contributed by atoms with van der Waals surface area (Å²) in [5, 5.41) is 0. The molecule has 152 valence electrons. The van der Waals surface area contributed by atoms with Crippen LogP contribution in [0.25, 0.3) is 0 Å². The maximum Gasteiger partial charge on any atom is 0.233 e. The first kappa shape index (κ1) is 18.3. The van der Waals surface area contributed by atoms with Gasteiger partial charge >= 0.3 is 0 Å². The van der Waals surface area contributed by atoms with Gasteiger partial charge in [0.1, 0.15) is 5.82 Å². The van der Waals surface area contributed by atoms with Gasteiger partial charge in [0.2, 0.25) is 17.7 Å². The Kier molecular flexibility index (Phi) is 4.41. The van der Waals surface area contributed by atoms with Gasteiger partial charge in [-0.3, -0.25) is 19.3 Å². The van der Waals surface area contributed by atoms with Crippen molar-refractivity contribution in [2.45, 2.75) is 12.8 Å². The fraction of sp³-hybridized carbons (Fsp3) is 0.500. The zero-order chi connectivity index (χ0) is 20.1. The van der Waals surface area contributed by atoms with E-state index in [1.165, 1.54) is 11.0 Å². The second-order valence-corrected chi connectivity index (χ2v) is 8.40. The molecule has 3 amide bonds. The van der Waals surface area contributed by atoms with E-state index in [0.29, 0.717) is 31.9 Å². The van der Waals surface area contributed by atoms with Gasteiger partial charge in [-0.25, -0.2) is 4.39 Å². The number of imide groups is 1. The van der Waals surface area contributed by atoms with Crippen LogP contribution in [0.4, 0.5) is 10.1 Å². The minimum atomic E-state index is -0.257. The molecule has 1 saturated carbocycles. The van der Waals surface area contributed by atoms with E-state index in [-0.39, 0.29) is 60.2 Å². The van der Waals surface area contributed by atoms with E-state index < -0.39 is 0 Å². The van der Waals surface area contributed by atoms with Gasteiger partial charge in [-0.2, -0.15) is 0 Å². The number of nitrogens with zero attached hydrogens (tertiary/aromatic N) is 3. The minimum Gasteiger partial charge on any atom is -0.366 e. The van der Waals surface area contributed by atoms with Crippen molar-refractivity contribution in [3.63, 3.8) is 0 Å². The average Bonchev–Trinajstić information content (AvgIpc) is 3.41. The van der Waals surface area contributed by atoms with E-state index >= 15 is 0 Å². The number of carbonyl (C=O) groups is 3. The number of allylic oxidation sites excluding steroid dienone is 2. The number of hydrogen-bond donors (Lipinski definition) is 0. The molecule has 0 N–H and O–H groups in total. The number of halogens is 1. The number of hydrogen-bond acceptors (Lipinski definition) is 4. The molecule has 0 aromatic heterocycles. The Balaban J connectivity index is 1.15. The third-order valence-electron chi connectivity index (χ3n) is 6.94. The van der Waals surface area contributed by atoms with Gasteiger partial charge in [0.25, 0.3) is 0 Å². The Morgan fingerprint density at radius 2 is 1.59 bits per heavy atom. The summed E-state index contributed by atoms with van der Waals surface area (Å²) in [6.07, 6.45) is 5.20. The van der Waals surface area contributed by atoms with Crippen LogP contribution >= 0.6 is 0 Å². The molecule has 4 atom stereocenters. The molecular weight excluding hydrogens is 373 g/mol. The van der Waals surface area contributed by atoms with Crippen molar-refractivity contribution < 1.29 is 18.8 Å². The van der Waals surface area contributed by atoms with E-state index in [4.69, 9.17) is 0 Å². The third kappa shape index (κ3) is 2.94. The molecule has 3 fully saturated rings. The van der Waals surface area contributed by atoms with Crippen molar-refractivity contribution in [3.05, 3.63) is 42.2 Å². The standard InChI is InChI=1S/C22H24FN3O3/c23-16-3-1-2-4-17(16)24-9-11-25(12-10-24)18(27)7-8-26-21(28)19-14-5-6-15(13-14)20(19)22(26)29/h1-6,14-15,19-20H,7-13H2/t14-,15-,19+,20+/m0/s1. The third-order valence-corrected chi connectivity index (χ3v) is 6.94. The van der Waals surface area contributed by atoms with Crippen molar-refractivity contribution in [1.29, 1.82) is 0 Å². The fourth-order valence-electron chi connectivity index (χ4n) is 5.45. The Morgan fingerprint density at radius 3 is 2.21 bits per heavy atom. The summed E-state index contributed by atoms with van der Waals surface area (Å²) in [6.45, 7) is 2.31. The Bertz CT molecular complexity index is 863. The van der Waals surface area contributed by atoms with Crippen LogP contribution in [0.1, 0.15) is 12.8 Å². The number of rotatable bonds is 4. The predicted molar refractivity (Wildman–Crippen MR) is 104 cm³/mol. The van der Waals surface area contributed by atoms with Crippen LogP contribution in [0.2, 0.25) is 0 Å². The van der Waals surface area contributed by atoms with Gasteiger partial charge in [-0.15, -0.1) is 0 Å². The van der Waals surface area contributed by atoms with Crippen LogP contribution in [0.3, 0.4) is 0 Å². The maximum atomic E-state index is 14.0. The first-order valence-electron chi connectivity index (χ1n) is 10.4. The fourth-order valence-corrected chi connectivity index (χ4v) is 5.45. The van der Waals surface area contributed by atoms with Crippen LogP contribution in [-0.4, -0.2) is 60.2 Å². The highest BCUT2D eigenvalue weighted by molar-refractivity contribution is 6.06. The topological polar surface area (TPSA) is 60.9 Å². The summed E-state index contributed by atoms with van der Waals surface area (Å²) in [6, 6.07) is 6.65. The lowest BCUT2D eigenvalue weighted by molar-refractivity contribution is -0.141. The molecule has 0 radical (unpaired) electrons. The Hall–Kier alpha value is -2.70. The van der Waals surface area contributed by atoms with Crippen molar-refractivity contribution in [3.8, 4) is 0 Å². The van der Waals surface area contributed by atoms with Crippen molar-refractivity contribution >= 4 is 23.4 Å².